The molecule has 1 amide bonds. The number of nitrogens with zero attached hydrogens (tertiary/aromatic N) is 2. The number of halogens is 1. The van der Waals surface area contributed by atoms with E-state index in [-0.39, 0.29) is 5.91 Å². The van der Waals surface area contributed by atoms with Crippen molar-refractivity contribution in [2.24, 2.45) is 0 Å². The molecule has 0 saturated carbocycles. The quantitative estimate of drug-likeness (QED) is 0.564. The molecule has 122 valence electrons. The molecule has 2 unspecified atom stereocenters. The number of fused-ring (bicyclic) bond motifs is 2. The van der Waals surface area contributed by atoms with Crippen LogP contribution in [0.2, 0.25) is 5.02 Å². The number of amides is 1. The van der Waals surface area contributed by atoms with Gasteiger partial charge in [0.2, 0.25) is 0 Å². The molecule has 0 bridgehead atoms. The van der Waals surface area contributed by atoms with Crippen molar-refractivity contribution in [3.63, 3.8) is 0 Å². The lowest BCUT2D eigenvalue weighted by Crippen LogP contribution is -2.20. The third-order valence-corrected chi connectivity index (χ3v) is 5.04. The van der Waals surface area contributed by atoms with E-state index in [0.717, 1.165) is 28.6 Å². The summed E-state index contributed by atoms with van der Waals surface area (Å²) in [5, 5.41) is 0.629. The van der Waals surface area contributed by atoms with Crippen LogP contribution in [0.15, 0.2) is 54.6 Å². The van der Waals surface area contributed by atoms with Crippen LogP contribution < -0.4 is 4.90 Å². The Hall–Kier alpha value is -2.10. The summed E-state index contributed by atoms with van der Waals surface area (Å²) < 4.78 is 0. The first-order valence-electron chi connectivity index (χ1n) is 8.29. The van der Waals surface area contributed by atoms with E-state index in [1.54, 1.807) is 4.90 Å². The highest BCUT2D eigenvalue weighted by Gasteiger charge is 2.41. The predicted octanol–water partition coefficient (Wildman–Crippen LogP) is 4.50. The molecule has 4 heteroatoms. The summed E-state index contributed by atoms with van der Waals surface area (Å²) in [7, 11) is 0. The fourth-order valence-corrected chi connectivity index (χ4v) is 3.44. The van der Waals surface area contributed by atoms with Crippen LogP contribution in [0, 0.1) is 0 Å². The molecule has 0 radical (unpaired) electrons. The van der Waals surface area contributed by atoms with Crippen LogP contribution in [-0.4, -0.2) is 29.9 Å². The van der Waals surface area contributed by atoms with E-state index in [1.807, 2.05) is 61.5 Å². The normalized spacial score (nSPS) is 24.7. The molecule has 2 saturated heterocycles. The Morgan fingerprint density at radius 3 is 2.46 bits per heavy atom. The summed E-state index contributed by atoms with van der Waals surface area (Å²) in [5.74, 6) is -0.00836. The van der Waals surface area contributed by atoms with Crippen molar-refractivity contribution in [2.45, 2.75) is 19.4 Å². The molecule has 2 atom stereocenters. The molecular weight excluding hydrogens is 320 g/mol. The van der Waals surface area contributed by atoms with Crippen LogP contribution in [-0.2, 0) is 4.79 Å². The van der Waals surface area contributed by atoms with Gasteiger partial charge in [0.15, 0.2) is 0 Å². The number of carbonyl (C=O) groups excluding carboxylic acids is 1. The molecule has 0 N–H and O–H groups in total. The van der Waals surface area contributed by atoms with Crippen LogP contribution in [0.4, 0.5) is 11.4 Å². The van der Waals surface area contributed by atoms with Crippen molar-refractivity contribution in [1.82, 2.24) is 4.90 Å². The highest BCUT2D eigenvalue weighted by atomic mass is 35.5. The van der Waals surface area contributed by atoms with Crippen LogP contribution in [0.1, 0.15) is 18.9 Å². The van der Waals surface area contributed by atoms with Crippen LogP contribution in [0.25, 0.3) is 5.57 Å². The maximum Gasteiger partial charge on any atom is 0.263 e. The van der Waals surface area contributed by atoms with Gasteiger partial charge in [0.1, 0.15) is 0 Å². The maximum absolute atomic E-state index is 12.5. The average molecular weight is 339 g/mol. The molecule has 0 spiro atoms. The first-order chi connectivity index (χ1) is 11.7. The van der Waals surface area contributed by atoms with E-state index in [9.17, 15) is 4.79 Å². The van der Waals surface area contributed by atoms with E-state index in [4.69, 9.17) is 11.6 Å². The number of hydrogen-bond acceptors (Lipinski definition) is 2. The highest BCUT2D eigenvalue weighted by molar-refractivity contribution is 6.36. The zero-order chi connectivity index (χ0) is 16.7. The Balaban J connectivity index is 0.000000244. The first kappa shape index (κ1) is 15.4. The predicted molar refractivity (Wildman–Crippen MR) is 98.7 cm³/mol. The number of allylic oxidation sites excluding steroid dienone is 1. The third kappa shape index (κ3) is 2.64. The Kier molecular flexibility index (Phi) is 3.91. The van der Waals surface area contributed by atoms with Crippen molar-refractivity contribution >= 4 is 34.5 Å². The van der Waals surface area contributed by atoms with Gasteiger partial charge >= 0.3 is 0 Å². The van der Waals surface area contributed by atoms with Gasteiger partial charge in [-0.1, -0.05) is 41.9 Å². The van der Waals surface area contributed by atoms with Crippen LogP contribution in [0.3, 0.4) is 0 Å². The zero-order valence-corrected chi connectivity index (χ0v) is 14.3. The van der Waals surface area contributed by atoms with Crippen molar-refractivity contribution in [3.8, 4) is 0 Å². The maximum atomic E-state index is 12.5. The molecule has 5 rings (SSSR count). The summed E-state index contributed by atoms with van der Waals surface area (Å²) in [6.45, 7) is 4.69. The second kappa shape index (κ2) is 6.08. The molecule has 24 heavy (non-hydrogen) atoms. The molecule has 2 fully saturated rings. The molecule has 3 heterocycles. The van der Waals surface area contributed by atoms with Gasteiger partial charge in [-0.25, -0.2) is 0 Å². The minimum atomic E-state index is -0.00836. The second-order valence-electron chi connectivity index (χ2n) is 6.28. The first-order valence-corrected chi connectivity index (χ1v) is 8.66. The Morgan fingerprint density at radius 1 is 1.17 bits per heavy atom. The molecular formula is C20H19ClN2O. The largest absolute Gasteiger partial charge is 0.297 e. The summed E-state index contributed by atoms with van der Waals surface area (Å²) in [6, 6.07) is 16.2. The number of anilines is 2. The molecule has 0 aliphatic carbocycles. The fourth-order valence-electron chi connectivity index (χ4n) is 3.28. The minimum absolute atomic E-state index is 0.00836. The molecule has 2 aromatic rings. The summed E-state index contributed by atoms with van der Waals surface area (Å²) in [6.07, 6.45) is 3.33. The molecule has 3 aliphatic heterocycles. The van der Waals surface area contributed by atoms with Crippen molar-refractivity contribution in [1.29, 1.82) is 0 Å². The van der Waals surface area contributed by atoms with E-state index in [2.05, 4.69) is 4.90 Å². The number of hydrogen-bond donors (Lipinski definition) is 0. The van der Waals surface area contributed by atoms with Crippen molar-refractivity contribution in [2.75, 3.05) is 18.0 Å². The zero-order valence-electron chi connectivity index (χ0n) is 13.6. The summed E-state index contributed by atoms with van der Waals surface area (Å²) in [5.41, 5.74) is 3.35. The molecule has 3 nitrogen and oxygen atoms in total. The standard InChI is InChI=1S/C16H12ClNO.C4H7N/c1-2-13-14-9-8-11(17)10-15(14)18(16(13)19)12-6-4-3-5-7-12;1-2-5-3-4(1)5/h2-10H,1H3;4H,1-3H2. The van der Waals surface area contributed by atoms with Crippen LogP contribution in [0.5, 0.6) is 0 Å². The number of para-hydroxylation sites is 1. The van der Waals surface area contributed by atoms with Crippen molar-refractivity contribution in [3.05, 3.63) is 65.2 Å². The van der Waals surface area contributed by atoms with Gasteiger partial charge in [0, 0.05) is 41.0 Å². The second-order valence-corrected chi connectivity index (χ2v) is 6.71. The Morgan fingerprint density at radius 2 is 1.92 bits per heavy atom. The monoisotopic (exact) mass is 338 g/mol. The number of carbonyl (C=O) groups is 1. The van der Waals surface area contributed by atoms with Gasteiger partial charge < -0.3 is 0 Å². The molecule has 3 aliphatic rings. The molecule has 0 aromatic heterocycles. The lowest BCUT2D eigenvalue weighted by atomic mass is 10.1. The Bertz CT molecular complexity index is 804. The van der Waals surface area contributed by atoms with E-state index >= 15 is 0 Å². The van der Waals surface area contributed by atoms with Gasteiger partial charge in [0.05, 0.1) is 5.69 Å². The lowest BCUT2D eigenvalue weighted by Gasteiger charge is -2.17. The van der Waals surface area contributed by atoms with Crippen LogP contribution >= 0.6 is 11.6 Å². The third-order valence-electron chi connectivity index (χ3n) is 4.81. The van der Waals surface area contributed by atoms with E-state index in [0.29, 0.717) is 5.02 Å². The number of benzene rings is 2. The van der Waals surface area contributed by atoms with E-state index in [1.165, 1.54) is 19.5 Å². The fraction of sp³-hybridized carbons (Fsp3) is 0.250. The minimum Gasteiger partial charge on any atom is -0.297 e. The van der Waals surface area contributed by atoms with E-state index < -0.39 is 0 Å². The highest BCUT2D eigenvalue weighted by Crippen LogP contribution is 2.42. The molecule has 2 aromatic carbocycles. The van der Waals surface area contributed by atoms with Gasteiger partial charge in [-0.15, -0.1) is 0 Å². The average Bonchev–Trinajstić information content (AvgIpc) is 3.06. The topological polar surface area (TPSA) is 23.3 Å². The lowest BCUT2D eigenvalue weighted by molar-refractivity contribution is -0.112. The summed E-state index contributed by atoms with van der Waals surface area (Å²) in [4.78, 5) is 16.7. The SMILES string of the molecule is C1CN2CC12.CC=C1C(=O)N(c2ccccc2)c2cc(Cl)ccc21. The Labute approximate surface area is 147 Å². The van der Waals surface area contributed by atoms with Gasteiger partial charge in [-0.3, -0.25) is 14.6 Å². The summed E-state index contributed by atoms with van der Waals surface area (Å²) >= 11 is 6.06. The van der Waals surface area contributed by atoms with Gasteiger partial charge in [-0.05, 0) is 37.6 Å². The van der Waals surface area contributed by atoms with Gasteiger partial charge in [-0.2, -0.15) is 0 Å². The number of rotatable bonds is 1. The smallest absolute Gasteiger partial charge is 0.263 e. The van der Waals surface area contributed by atoms with Crippen molar-refractivity contribution < 1.29 is 4.79 Å². The van der Waals surface area contributed by atoms with Gasteiger partial charge in [0.25, 0.3) is 5.91 Å².